The molecule has 158 valence electrons. The van der Waals surface area contributed by atoms with E-state index in [0.717, 1.165) is 50.2 Å². The highest BCUT2D eigenvalue weighted by atomic mass is 16.6. The van der Waals surface area contributed by atoms with E-state index in [1.807, 2.05) is 24.8 Å². The second-order valence-electron chi connectivity index (χ2n) is 8.04. The highest BCUT2D eigenvalue weighted by Gasteiger charge is 2.29. The number of rotatable bonds is 7. The number of benzene rings is 1. The van der Waals surface area contributed by atoms with Crippen molar-refractivity contribution in [2.45, 2.75) is 45.6 Å². The molecule has 2 heterocycles. The van der Waals surface area contributed by atoms with Crippen LogP contribution in [0.15, 0.2) is 24.3 Å². The predicted molar refractivity (Wildman–Crippen MR) is 111 cm³/mol. The molecule has 0 bridgehead atoms. The summed E-state index contributed by atoms with van der Waals surface area (Å²) in [5, 5.41) is 11.5. The average Bonchev–Trinajstić information content (AvgIpc) is 3.30. The average molecular weight is 411 g/mol. The van der Waals surface area contributed by atoms with Crippen LogP contribution in [0, 0.1) is 24.0 Å². The lowest BCUT2D eigenvalue weighted by molar-refractivity contribution is -0.384. The van der Waals surface area contributed by atoms with E-state index in [2.05, 4.69) is 4.57 Å². The molecule has 0 unspecified atom stereocenters. The summed E-state index contributed by atoms with van der Waals surface area (Å²) in [6.07, 6.45) is 4.21. The zero-order valence-electron chi connectivity index (χ0n) is 17.2. The number of ether oxygens (including phenoxy) is 1. The fraction of sp³-hybridized carbons (Fsp3) is 0.455. The molecule has 1 aromatic carbocycles. The molecule has 2 fully saturated rings. The number of aromatic nitrogens is 1. The van der Waals surface area contributed by atoms with Crippen molar-refractivity contribution in [3.8, 4) is 0 Å². The van der Waals surface area contributed by atoms with Gasteiger partial charge in [0.2, 0.25) is 5.78 Å². The van der Waals surface area contributed by atoms with E-state index in [1.54, 1.807) is 6.07 Å². The molecule has 0 spiro atoms. The van der Waals surface area contributed by atoms with Gasteiger partial charge in [-0.1, -0.05) is 0 Å². The van der Waals surface area contributed by atoms with Crippen molar-refractivity contribution in [2.75, 3.05) is 24.6 Å². The van der Waals surface area contributed by atoms with Gasteiger partial charge in [-0.3, -0.25) is 14.9 Å². The molecule has 2 aromatic rings. The SMILES string of the molecule is Cc1cc(C(=O)COC(=O)c2ccc(N3CCCC3)c([N+](=O)[O-])c2)c(C)n1C1CC1. The van der Waals surface area contributed by atoms with Crippen LogP contribution in [0.1, 0.15) is 63.8 Å². The maximum Gasteiger partial charge on any atom is 0.338 e. The molecule has 2 aliphatic rings. The van der Waals surface area contributed by atoms with Crippen LogP contribution in [0.3, 0.4) is 0 Å². The Kier molecular flexibility index (Phi) is 5.32. The minimum atomic E-state index is -0.740. The normalized spacial score (nSPS) is 16.0. The lowest BCUT2D eigenvalue weighted by atomic mass is 10.1. The molecule has 30 heavy (non-hydrogen) atoms. The van der Waals surface area contributed by atoms with Gasteiger partial charge in [0, 0.05) is 42.1 Å². The van der Waals surface area contributed by atoms with E-state index in [1.165, 1.54) is 12.1 Å². The maximum atomic E-state index is 12.6. The summed E-state index contributed by atoms with van der Waals surface area (Å²) in [4.78, 5) is 38.0. The summed E-state index contributed by atoms with van der Waals surface area (Å²) in [6.45, 7) is 5.00. The fourth-order valence-corrected chi connectivity index (χ4v) is 4.27. The van der Waals surface area contributed by atoms with Crippen LogP contribution in [0.4, 0.5) is 11.4 Å². The van der Waals surface area contributed by atoms with Crippen molar-refractivity contribution < 1.29 is 19.2 Å². The molecule has 0 atom stereocenters. The Labute approximate surface area is 174 Å². The third kappa shape index (κ3) is 3.81. The number of carbonyl (C=O) groups is 2. The molecule has 8 heteroatoms. The predicted octanol–water partition coefficient (Wildman–Crippen LogP) is 3.99. The number of hydrogen-bond donors (Lipinski definition) is 0. The molecule has 1 saturated carbocycles. The molecule has 0 N–H and O–H groups in total. The first-order valence-electron chi connectivity index (χ1n) is 10.3. The van der Waals surface area contributed by atoms with Crippen molar-refractivity contribution in [2.24, 2.45) is 0 Å². The number of nitro groups is 1. The van der Waals surface area contributed by atoms with Crippen LogP contribution in [0.25, 0.3) is 0 Å². The van der Waals surface area contributed by atoms with Gasteiger partial charge in [0.25, 0.3) is 5.69 Å². The molecule has 4 rings (SSSR count). The number of nitro benzene ring substituents is 1. The van der Waals surface area contributed by atoms with Crippen molar-refractivity contribution in [1.82, 2.24) is 4.57 Å². The van der Waals surface area contributed by atoms with Gasteiger partial charge in [-0.2, -0.15) is 0 Å². The van der Waals surface area contributed by atoms with Gasteiger partial charge >= 0.3 is 5.97 Å². The maximum absolute atomic E-state index is 12.6. The zero-order valence-corrected chi connectivity index (χ0v) is 17.2. The number of ketones is 1. The first-order chi connectivity index (χ1) is 14.4. The summed E-state index contributed by atoms with van der Waals surface area (Å²) in [5.74, 6) is -1.01. The van der Waals surface area contributed by atoms with E-state index in [0.29, 0.717) is 17.3 Å². The summed E-state index contributed by atoms with van der Waals surface area (Å²) < 4.78 is 7.35. The Morgan fingerprint density at radius 1 is 1.17 bits per heavy atom. The Morgan fingerprint density at radius 3 is 2.50 bits per heavy atom. The summed E-state index contributed by atoms with van der Waals surface area (Å²) in [7, 11) is 0. The fourth-order valence-electron chi connectivity index (χ4n) is 4.27. The minimum absolute atomic E-state index is 0.0703. The molecule has 1 saturated heterocycles. The second kappa shape index (κ2) is 7.93. The topological polar surface area (TPSA) is 94.7 Å². The van der Waals surface area contributed by atoms with E-state index in [-0.39, 0.29) is 17.0 Å². The number of hydrogen-bond acceptors (Lipinski definition) is 6. The molecule has 1 aromatic heterocycles. The highest BCUT2D eigenvalue weighted by molar-refractivity contribution is 6.00. The monoisotopic (exact) mass is 411 g/mol. The van der Waals surface area contributed by atoms with Gasteiger partial charge < -0.3 is 14.2 Å². The number of carbonyl (C=O) groups excluding carboxylic acids is 2. The first kappa shape index (κ1) is 20.1. The van der Waals surface area contributed by atoms with Crippen LogP contribution in [-0.4, -0.2) is 40.9 Å². The van der Waals surface area contributed by atoms with Crippen molar-refractivity contribution in [3.63, 3.8) is 0 Å². The Hall–Kier alpha value is -3.16. The molecule has 0 amide bonds. The molecule has 8 nitrogen and oxygen atoms in total. The van der Waals surface area contributed by atoms with Gasteiger partial charge in [0.1, 0.15) is 5.69 Å². The van der Waals surface area contributed by atoms with E-state index < -0.39 is 17.5 Å². The number of aryl methyl sites for hydroxylation is 1. The van der Waals surface area contributed by atoms with Crippen LogP contribution >= 0.6 is 0 Å². The van der Waals surface area contributed by atoms with Gasteiger partial charge in [-0.05, 0) is 57.7 Å². The highest BCUT2D eigenvalue weighted by Crippen LogP contribution is 2.38. The number of esters is 1. The summed E-state index contributed by atoms with van der Waals surface area (Å²) in [6, 6.07) is 6.64. The largest absolute Gasteiger partial charge is 0.454 e. The second-order valence-corrected chi connectivity index (χ2v) is 8.04. The standard InChI is InChI=1S/C22H25N3O5/c1-14-11-18(15(2)24(14)17-6-7-17)21(26)13-30-22(27)16-5-8-19(20(12-16)25(28)29)23-9-3-4-10-23/h5,8,11-12,17H,3-4,6-7,9-10,13H2,1-2H3. The minimum Gasteiger partial charge on any atom is -0.454 e. The van der Waals surface area contributed by atoms with Crippen LogP contribution in [0.2, 0.25) is 0 Å². The third-order valence-corrected chi connectivity index (χ3v) is 5.89. The first-order valence-corrected chi connectivity index (χ1v) is 10.3. The molecule has 1 aliphatic heterocycles. The van der Waals surface area contributed by atoms with Crippen LogP contribution < -0.4 is 4.90 Å². The number of nitrogens with zero attached hydrogens (tertiary/aromatic N) is 3. The molecule has 1 aliphatic carbocycles. The lowest BCUT2D eigenvalue weighted by Gasteiger charge is -2.17. The summed E-state index contributed by atoms with van der Waals surface area (Å²) in [5.41, 5.74) is 2.94. The number of Topliss-reactive ketones (excluding diaryl/α,β-unsaturated/α-hetero) is 1. The van der Waals surface area contributed by atoms with E-state index in [9.17, 15) is 19.7 Å². The third-order valence-electron chi connectivity index (χ3n) is 5.89. The molecular formula is C22H25N3O5. The Bertz CT molecular complexity index is 1020. The van der Waals surface area contributed by atoms with Crippen LogP contribution in [-0.2, 0) is 4.74 Å². The van der Waals surface area contributed by atoms with Gasteiger partial charge in [0.15, 0.2) is 6.61 Å². The van der Waals surface area contributed by atoms with Gasteiger partial charge in [0.05, 0.1) is 10.5 Å². The molecular weight excluding hydrogens is 386 g/mol. The summed E-state index contributed by atoms with van der Waals surface area (Å²) >= 11 is 0. The van der Waals surface area contributed by atoms with E-state index >= 15 is 0 Å². The Balaban J connectivity index is 1.46. The van der Waals surface area contributed by atoms with Crippen molar-refractivity contribution in [1.29, 1.82) is 0 Å². The van der Waals surface area contributed by atoms with Crippen LogP contribution in [0.5, 0.6) is 0 Å². The van der Waals surface area contributed by atoms with E-state index in [4.69, 9.17) is 4.74 Å². The molecule has 0 radical (unpaired) electrons. The smallest absolute Gasteiger partial charge is 0.338 e. The van der Waals surface area contributed by atoms with Crippen molar-refractivity contribution in [3.05, 3.63) is 56.9 Å². The van der Waals surface area contributed by atoms with Gasteiger partial charge in [-0.25, -0.2) is 4.79 Å². The Morgan fingerprint density at radius 2 is 1.87 bits per heavy atom. The lowest BCUT2D eigenvalue weighted by Crippen LogP contribution is -2.19. The zero-order chi connectivity index (χ0) is 21.4. The quantitative estimate of drug-likeness (QED) is 0.296. The van der Waals surface area contributed by atoms with Crippen molar-refractivity contribution >= 4 is 23.1 Å². The number of anilines is 1. The van der Waals surface area contributed by atoms with Gasteiger partial charge in [-0.15, -0.1) is 0 Å².